The van der Waals surface area contributed by atoms with E-state index >= 15 is 0 Å². The monoisotopic (exact) mass is 198 g/mol. The van der Waals surface area contributed by atoms with Gasteiger partial charge >= 0.3 is 5.97 Å². The number of amides is 1. The van der Waals surface area contributed by atoms with Gasteiger partial charge in [-0.05, 0) is 6.92 Å². The zero-order valence-electron chi connectivity index (χ0n) is 7.56. The maximum atomic E-state index is 11.1. The number of carbonyl (C=O) groups excluding carboxylic acids is 1. The van der Waals surface area contributed by atoms with Crippen LogP contribution < -0.4 is 5.32 Å². The molecule has 1 amide bonds. The fourth-order valence-corrected chi connectivity index (χ4v) is 0.773. The summed E-state index contributed by atoms with van der Waals surface area (Å²) in [5.74, 6) is -2.28. The van der Waals surface area contributed by atoms with Crippen molar-refractivity contribution in [2.75, 3.05) is 0 Å². The molecule has 0 saturated carbocycles. The van der Waals surface area contributed by atoms with E-state index in [2.05, 4.69) is 10.5 Å². The minimum Gasteiger partial charge on any atom is -0.481 e. The van der Waals surface area contributed by atoms with Crippen LogP contribution in [0, 0.1) is 5.92 Å². The van der Waals surface area contributed by atoms with Crippen molar-refractivity contribution in [1.29, 1.82) is 0 Å². The van der Waals surface area contributed by atoms with Crippen LogP contribution in [0.5, 0.6) is 0 Å². The van der Waals surface area contributed by atoms with E-state index in [0.717, 1.165) is 0 Å². The van der Waals surface area contributed by atoms with E-state index < -0.39 is 17.8 Å². The summed E-state index contributed by atoms with van der Waals surface area (Å²) in [7, 11) is 0. The first-order valence-electron chi connectivity index (χ1n) is 4.01. The topological polar surface area (TPSA) is 92.4 Å². The SMILES string of the molecule is CC(C(=O)O)C(=O)NCc1ccno1. The highest BCUT2D eigenvalue weighted by Crippen LogP contribution is 1.98. The standard InChI is InChI=1S/C8H10N2O4/c1-5(8(12)13)7(11)9-4-6-2-3-10-14-6/h2-3,5H,4H2,1H3,(H,9,11)(H,12,13). The molecule has 1 unspecified atom stereocenters. The van der Waals surface area contributed by atoms with Crippen LogP contribution >= 0.6 is 0 Å². The lowest BCUT2D eigenvalue weighted by Crippen LogP contribution is -2.32. The highest BCUT2D eigenvalue weighted by Gasteiger charge is 2.19. The minimum atomic E-state index is -1.15. The minimum absolute atomic E-state index is 0.149. The van der Waals surface area contributed by atoms with Gasteiger partial charge in [-0.2, -0.15) is 0 Å². The van der Waals surface area contributed by atoms with Crippen molar-refractivity contribution in [3.05, 3.63) is 18.0 Å². The Bertz CT molecular complexity index is 320. The van der Waals surface area contributed by atoms with Gasteiger partial charge in [0.15, 0.2) is 5.76 Å². The first kappa shape index (κ1) is 10.2. The summed E-state index contributed by atoms with van der Waals surface area (Å²) in [6.07, 6.45) is 1.45. The molecule has 76 valence electrons. The largest absolute Gasteiger partial charge is 0.481 e. The Labute approximate surface area is 79.9 Å². The summed E-state index contributed by atoms with van der Waals surface area (Å²) in [4.78, 5) is 21.5. The first-order chi connectivity index (χ1) is 6.61. The van der Waals surface area contributed by atoms with Crippen LogP contribution in [0.3, 0.4) is 0 Å². The van der Waals surface area contributed by atoms with E-state index in [-0.39, 0.29) is 6.54 Å². The Hall–Kier alpha value is -1.85. The molecule has 0 radical (unpaired) electrons. The van der Waals surface area contributed by atoms with E-state index in [0.29, 0.717) is 5.76 Å². The van der Waals surface area contributed by atoms with Crippen molar-refractivity contribution in [2.24, 2.45) is 5.92 Å². The maximum Gasteiger partial charge on any atom is 0.315 e. The van der Waals surface area contributed by atoms with Crippen LogP contribution in [0.2, 0.25) is 0 Å². The molecule has 0 aliphatic carbocycles. The lowest BCUT2D eigenvalue weighted by molar-refractivity contribution is -0.146. The van der Waals surface area contributed by atoms with Crippen LogP contribution in [0.4, 0.5) is 0 Å². The maximum absolute atomic E-state index is 11.1. The van der Waals surface area contributed by atoms with E-state index in [1.807, 2.05) is 0 Å². The fourth-order valence-electron chi connectivity index (χ4n) is 0.773. The number of hydrogen-bond acceptors (Lipinski definition) is 4. The second kappa shape index (κ2) is 4.40. The van der Waals surface area contributed by atoms with Gasteiger partial charge in [0.2, 0.25) is 5.91 Å². The van der Waals surface area contributed by atoms with E-state index in [4.69, 9.17) is 9.63 Å². The van der Waals surface area contributed by atoms with Crippen LogP contribution in [0.25, 0.3) is 0 Å². The highest BCUT2D eigenvalue weighted by atomic mass is 16.5. The first-order valence-corrected chi connectivity index (χ1v) is 4.01. The number of rotatable bonds is 4. The van der Waals surface area contributed by atoms with Crippen molar-refractivity contribution >= 4 is 11.9 Å². The van der Waals surface area contributed by atoms with Crippen molar-refractivity contribution in [3.8, 4) is 0 Å². The number of nitrogens with one attached hydrogen (secondary N) is 1. The summed E-state index contributed by atoms with van der Waals surface area (Å²) < 4.78 is 4.71. The van der Waals surface area contributed by atoms with Crippen LogP contribution in [0.1, 0.15) is 12.7 Å². The van der Waals surface area contributed by atoms with Crippen LogP contribution in [-0.4, -0.2) is 22.1 Å². The lowest BCUT2D eigenvalue weighted by atomic mass is 10.2. The van der Waals surface area contributed by atoms with Crippen molar-refractivity contribution in [1.82, 2.24) is 10.5 Å². The lowest BCUT2D eigenvalue weighted by Gasteiger charge is -2.05. The Balaban J connectivity index is 2.39. The predicted molar refractivity (Wildman–Crippen MR) is 45.1 cm³/mol. The molecular formula is C8H10N2O4. The quantitative estimate of drug-likeness (QED) is 0.665. The van der Waals surface area contributed by atoms with Gasteiger partial charge < -0.3 is 14.9 Å². The molecule has 0 bridgehead atoms. The van der Waals surface area contributed by atoms with Crippen LogP contribution in [0.15, 0.2) is 16.8 Å². The zero-order valence-corrected chi connectivity index (χ0v) is 7.56. The van der Waals surface area contributed by atoms with Gasteiger partial charge in [-0.1, -0.05) is 5.16 Å². The van der Waals surface area contributed by atoms with Gasteiger partial charge in [0.25, 0.3) is 0 Å². The molecule has 1 rings (SSSR count). The number of carboxylic acid groups (broad SMARTS) is 1. The Morgan fingerprint density at radius 2 is 2.43 bits per heavy atom. The van der Waals surface area contributed by atoms with Gasteiger partial charge in [-0.3, -0.25) is 9.59 Å². The van der Waals surface area contributed by atoms with Gasteiger partial charge in [0, 0.05) is 6.07 Å². The fraction of sp³-hybridized carbons (Fsp3) is 0.375. The van der Waals surface area contributed by atoms with Crippen LogP contribution in [-0.2, 0) is 16.1 Å². The average molecular weight is 198 g/mol. The van der Waals surface area contributed by atoms with E-state index in [9.17, 15) is 9.59 Å². The zero-order chi connectivity index (χ0) is 10.6. The summed E-state index contributed by atoms with van der Waals surface area (Å²) >= 11 is 0. The number of aliphatic carboxylic acids is 1. The molecule has 0 spiro atoms. The average Bonchev–Trinajstić information content (AvgIpc) is 2.65. The highest BCUT2D eigenvalue weighted by molar-refractivity contribution is 5.96. The number of hydrogen-bond donors (Lipinski definition) is 2. The molecule has 1 heterocycles. The molecule has 0 saturated heterocycles. The van der Waals surface area contributed by atoms with Crippen molar-refractivity contribution < 1.29 is 19.2 Å². The van der Waals surface area contributed by atoms with Crippen molar-refractivity contribution in [2.45, 2.75) is 13.5 Å². The number of nitrogens with zero attached hydrogens (tertiary/aromatic N) is 1. The molecular weight excluding hydrogens is 188 g/mol. The van der Waals surface area contributed by atoms with Crippen molar-refractivity contribution in [3.63, 3.8) is 0 Å². The third kappa shape index (κ3) is 2.58. The molecule has 0 aromatic carbocycles. The Morgan fingerprint density at radius 3 is 2.93 bits per heavy atom. The summed E-state index contributed by atoms with van der Waals surface area (Å²) in [5.41, 5.74) is 0. The summed E-state index contributed by atoms with van der Waals surface area (Å²) in [6, 6.07) is 1.59. The van der Waals surface area contributed by atoms with Gasteiger partial charge in [0.05, 0.1) is 12.7 Å². The molecule has 6 heteroatoms. The summed E-state index contributed by atoms with van der Waals surface area (Å²) in [6.45, 7) is 1.47. The van der Waals surface area contributed by atoms with Gasteiger partial charge in [0.1, 0.15) is 5.92 Å². The molecule has 2 N–H and O–H groups in total. The Kier molecular flexibility index (Phi) is 3.22. The predicted octanol–water partition coefficient (Wildman–Crippen LogP) is 0.0115. The van der Waals surface area contributed by atoms with E-state index in [1.54, 1.807) is 6.07 Å². The molecule has 0 aliphatic heterocycles. The summed E-state index contributed by atoms with van der Waals surface area (Å²) in [5, 5.41) is 14.4. The molecule has 1 atom stereocenters. The second-order valence-corrected chi connectivity index (χ2v) is 2.76. The molecule has 14 heavy (non-hydrogen) atoms. The molecule has 0 aliphatic rings. The number of carboxylic acids is 1. The number of aromatic nitrogens is 1. The second-order valence-electron chi connectivity index (χ2n) is 2.76. The normalized spacial score (nSPS) is 12.1. The Morgan fingerprint density at radius 1 is 1.71 bits per heavy atom. The van der Waals surface area contributed by atoms with E-state index in [1.165, 1.54) is 13.1 Å². The molecule has 1 aromatic heterocycles. The third-order valence-electron chi connectivity index (χ3n) is 1.69. The number of carbonyl (C=O) groups is 2. The molecule has 0 fully saturated rings. The molecule has 1 aromatic rings. The third-order valence-corrected chi connectivity index (χ3v) is 1.69. The molecule has 6 nitrogen and oxygen atoms in total. The van der Waals surface area contributed by atoms with Gasteiger partial charge in [-0.15, -0.1) is 0 Å². The smallest absolute Gasteiger partial charge is 0.315 e. The van der Waals surface area contributed by atoms with Gasteiger partial charge in [-0.25, -0.2) is 0 Å².